The van der Waals surface area contributed by atoms with Crippen LogP contribution in [0.3, 0.4) is 0 Å². The predicted octanol–water partition coefficient (Wildman–Crippen LogP) is 1.19. The molecule has 1 aromatic rings. The van der Waals surface area contributed by atoms with Crippen LogP contribution in [-0.2, 0) is 9.53 Å². The molecule has 1 atom stereocenters. The van der Waals surface area contributed by atoms with Gasteiger partial charge in [0.05, 0.1) is 4.75 Å². The molecule has 5 nitrogen and oxygen atoms in total. The molecular weight excluding hydrogens is 276 g/mol. The number of hydrogen-bond acceptors (Lipinski definition) is 5. The maximum atomic E-state index is 11.7. The van der Waals surface area contributed by atoms with Gasteiger partial charge in [-0.05, 0) is 6.07 Å². The van der Waals surface area contributed by atoms with Gasteiger partial charge in [0, 0.05) is 44.6 Å². The Morgan fingerprint density at radius 3 is 3.10 bits per heavy atom. The van der Waals surface area contributed by atoms with Crippen molar-refractivity contribution in [2.45, 2.75) is 17.3 Å². The van der Waals surface area contributed by atoms with Crippen molar-refractivity contribution in [3.63, 3.8) is 0 Å². The molecule has 1 aromatic heterocycles. The fourth-order valence-electron chi connectivity index (χ4n) is 2.73. The van der Waals surface area contributed by atoms with Crippen molar-refractivity contribution in [2.75, 3.05) is 32.6 Å². The van der Waals surface area contributed by atoms with Gasteiger partial charge in [0.25, 0.3) is 0 Å². The van der Waals surface area contributed by atoms with Gasteiger partial charge in [0.1, 0.15) is 12.7 Å². The van der Waals surface area contributed by atoms with Crippen LogP contribution in [0.5, 0.6) is 5.88 Å². The van der Waals surface area contributed by atoms with Gasteiger partial charge in [0.15, 0.2) is 0 Å². The lowest BCUT2D eigenvalue weighted by molar-refractivity contribution is -0.140. The summed E-state index contributed by atoms with van der Waals surface area (Å²) in [4.78, 5) is 17.7. The van der Waals surface area contributed by atoms with Crippen molar-refractivity contribution in [1.29, 1.82) is 0 Å². The molecule has 1 spiro atoms. The van der Waals surface area contributed by atoms with E-state index in [1.807, 2.05) is 34.9 Å². The van der Waals surface area contributed by atoms with E-state index in [-0.39, 0.29) is 23.4 Å². The average Bonchev–Trinajstić information content (AvgIpc) is 2.83. The molecule has 0 radical (unpaired) electrons. The highest BCUT2D eigenvalue weighted by Crippen LogP contribution is 2.45. The molecule has 0 aliphatic carbocycles. The van der Waals surface area contributed by atoms with Gasteiger partial charge in [-0.3, -0.25) is 4.79 Å². The van der Waals surface area contributed by atoms with Crippen molar-refractivity contribution >= 4 is 17.7 Å². The van der Waals surface area contributed by atoms with Crippen LogP contribution in [0.1, 0.15) is 6.42 Å². The zero-order valence-corrected chi connectivity index (χ0v) is 12.3. The first-order chi connectivity index (χ1) is 9.71. The Hall–Kier alpha value is -1.27. The summed E-state index contributed by atoms with van der Waals surface area (Å²) in [7, 11) is 1.55. The molecule has 2 aliphatic rings. The molecule has 6 heteroatoms. The Balaban J connectivity index is 1.50. The van der Waals surface area contributed by atoms with E-state index < -0.39 is 0 Å². The Bertz CT molecular complexity index is 477. The van der Waals surface area contributed by atoms with Crippen LogP contribution in [0.15, 0.2) is 24.4 Å². The summed E-state index contributed by atoms with van der Waals surface area (Å²) < 4.78 is 11.0. The number of amides is 1. The number of aromatic nitrogens is 1. The van der Waals surface area contributed by atoms with Gasteiger partial charge in [0.2, 0.25) is 11.8 Å². The number of hydrogen-bond donors (Lipinski definition) is 0. The molecule has 1 unspecified atom stereocenters. The quantitative estimate of drug-likeness (QED) is 0.835. The van der Waals surface area contributed by atoms with Crippen LogP contribution in [-0.4, -0.2) is 59.2 Å². The maximum Gasteiger partial charge on any atom is 0.248 e. The van der Waals surface area contributed by atoms with Gasteiger partial charge >= 0.3 is 0 Å². The second-order valence-electron chi connectivity index (χ2n) is 5.29. The molecule has 108 valence electrons. The summed E-state index contributed by atoms with van der Waals surface area (Å²) in [6.07, 6.45) is 2.90. The van der Waals surface area contributed by atoms with Gasteiger partial charge < -0.3 is 14.4 Å². The Kier molecular flexibility index (Phi) is 3.85. The van der Waals surface area contributed by atoms with E-state index in [0.29, 0.717) is 5.88 Å². The lowest BCUT2D eigenvalue weighted by Crippen LogP contribution is -2.61. The Morgan fingerprint density at radius 1 is 1.55 bits per heavy atom. The summed E-state index contributed by atoms with van der Waals surface area (Å²) in [6, 6.07) is 5.68. The molecular formula is C14H18N2O3S. The predicted molar refractivity (Wildman–Crippen MR) is 76.9 cm³/mol. The van der Waals surface area contributed by atoms with Crippen LogP contribution in [0.25, 0.3) is 0 Å². The summed E-state index contributed by atoms with van der Waals surface area (Å²) in [5.74, 6) is 1.72. The highest BCUT2D eigenvalue weighted by atomic mass is 32.2. The first-order valence-electron chi connectivity index (χ1n) is 6.69. The maximum absolute atomic E-state index is 11.7. The smallest absolute Gasteiger partial charge is 0.248 e. The third kappa shape index (κ3) is 2.76. The SMILES string of the molecule is COCC(=O)N1CC2(CC(Oc3ccccn3)CS2)C1. The largest absolute Gasteiger partial charge is 0.473 e. The monoisotopic (exact) mass is 294 g/mol. The number of methoxy groups -OCH3 is 1. The number of nitrogens with zero attached hydrogens (tertiary/aromatic N) is 2. The number of carbonyl (C=O) groups excluding carboxylic acids is 1. The van der Waals surface area contributed by atoms with Crippen molar-refractivity contribution in [1.82, 2.24) is 9.88 Å². The van der Waals surface area contributed by atoms with Crippen molar-refractivity contribution in [3.05, 3.63) is 24.4 Å². The fraction of sp³-hybridized carbons (Fsp3) is 0.571. The Labute approximate surface area is 122 Å². The average molecular weight is 294 g/mol. The summed E-state index contributed by atoms with van der Waals surface area (Å²) >= 11 is 1.91. The molecule has 3 rings (SSSR count). The van der Waals surface area contributed by atoms with E-state index in [9.17, 15) is 4.79 Å². The molecule has 2 saturated heterocycles. The van der Waals surface area contributed by atoms with E-state index in [2.05, 4.69) is 4.98 Å². The number of pyridine rings is 1. The van der Waals surface area contributed by atoms with E-state index in [1.165, 1.54) is 0 Å². The van der Waals surface area contributed by atoms with Gasteiger partial charge in [-0.1, -0.05) is 6.07 Å². The molecule has 1 amide bonds. The third-order valence-corrected chi connectivity index (χ3v) is 5.25. The summed E-state index contributed by atoms with van der Waals surface area (Å²) in [5, 5.41) is 0. The summed E-state index contributed by atoms with van der Waals surface area (Å²) in [5.41, 5.74) is 0. The number of carbonyl (C=O) groups is 1. The number of thioether (sulfide) groups is 1. The molecule has 20 heavy (non-hydrogen) atoms. The first-order valence-corrected chi connectivity index (χ1v) is 7.68. The highest BCUT2D eigenvalue weighted by Gasteiger charge is 2.51. The van der Waals surface area contributed by atoms with Crippen LogP contribution < -0.4 is 4.74 Å². The van der Waals surface area contributed by atoms with E-state index >= 15 is 0 Å². The molecule has 2 fully saturated rings. The van der Waals surface area contributed by atoms with E-state index in [0.717, 1.165) is 25.3 Å². The van der Waals surface area contributed by atoms with Gasteiger partial charge in [-0.25, -0.2) is 4.98 Å². The molecule has 0 bridgehead atoms. The fourth-order valence-corrected chi connectivity index (χ4v) is 4.25. The lowest BCUT2D eigenvalue weighted by atomic mass is 9.93. The van der Waals surface area contributed by atoms with Gasteiger partial charge in [-0.15, -0.1) is 11.8 Å². The van der Waals surface area contributed by atoms with Crippen molar-refractivity contribution in [3.8, 4) is 5.88 Å². The molecule has 0 aromatic carbocycles. The summed E-state index contributed by atoms with van der Waals surface area (Å²) in [6.45, 7) is 1.79. The standard InChI is InChI=1S/C14H18N2O3S/c1-18-7-13(17)16-9-14(10-16)6-11(8-20-14)19-12-4-2-3-5-15-12/h2-5,11H,6-10H2,1H3. The topological polar surface area (TPSA) is 51.7 Å². The van der Waals surface area contributed by atoms with Crippen molar-refractivity contribution in [2.24, 2.45) is 0 Å². The van der Waals surface area contributed by atoms with E-state index in [4.69, 9.17) is 9.47 Å². The molecule has 0 saturated carbocycles. The first kappa shape index (κ1) is 13.7. The van der Waals surface area contributed by atoms with Crippen LogP contribution >= 0.6 is 11.8 Å². The van der Waals surface area contributed by atoms with Crippen LogP contribution in [0.4, 0.5) is 0 Å². The molecule has 2 aliphatic heterocycles. The minimum atomic E-state index is 0.0767. The highest BCUT2D eigenvalue weighted by molar-refractivity contribution is 8.01. The zero-order valence-electron chi connectivity index (χ0n) is 11.4. The van der Waals surface area contributed by atoms with Gasteiger partial charge in [-0.2, -0.15) is 0 Å². The van der Waals surface area contributed by atoms with Crippen LogP contribution in [0.2, 0.25) is 0 Å². The molecule has 0 N–H and O–H groups in total. The number of ether oxygens (including phenoxy) is 2. The minimum absolute atomic E-state index is 0.0767. The second kappa shape index (κ2) is 5.61. The van der Waals surface area contributed by atoms with Crippen LogP contribution in [0, 0.1) is 0 Å². The minimum Gasteiger partial charge on any atom is -0.473 e. The Morgan fingerprint density at radius 2 is 2.40 bits per heavy atom. The third-order valence-electron chi connectivity index (χ3n) is 3.68. The molecule has 3 heterocycles. The van der Waals surface area contributed by atoms with Crippen molar-refractivity contribution < 1.29 is 14.3 Å². The normalized spacial score (nSPS) is 23.6. The zero-order chi connectivity index (χ0) is 14.0. The number of rotatable bonds is 4. The lowest BCUT2D eigenvalue weighted by Gasteiger charge is -2.47. The van der Waals surface area contributed by atoms with E-state index in [1.54, 1.807) is 13.3 Å². The number of likely N-dealkylation sites (tertiary alicyclic amines) is 1. The second-order valence-corrected chi connectivity index (χ2v) is 6.78.